The summed E-state index contributed by atoms with van der Waals surface area (Å²) >= 11 is 0. The van der Waals surface area contributed by atoms with Crippen molar-refractivity contribution in [3.63, 3.8) is 0 Å². The molecule has 0 radical (unpaired) electrons. The lowest BCUT2D eigenvalue weighted by atomic mass is 9.93. The van der Waals surface area contributed by atoms with E-state index in [0.717, 1.165) is 25.3 Å². The molecule has 2 heterocycles. The van der Waals surface area contributed by atoms with E-state index >= 15 is 0 Å². The first kappa shape index (κ1) is 9.31. The fourth-order valence-electron chi connectivity index (χ4n) is 1.88. The molecule has 1 aromatic heterocycles. The highest BCUT2D eigenvalue weighted by Gasteiger charge is 2.30. The van der Waals surface area contributed by atoms with Gasteiger partial charge in [0.2, 0.25) is 0 Å². The molecule has 0 bridgehead atoms. The summed E-state index contributed by atoms with van der Waals surface area (Å²) in [7, 11) is 0. The molecule has 1 saturated heterocycles. The highest BCUT2D eigenvalue weighted by molar-refractivity contribution is 5.71. The van der Waals surface area contributed by atoms with Gasteiger partial charge in [-0.3, -0.25) is 4.79 Å². The standard InChI is InChI=1S/C11H15NO2/c1-11(2)5-6-12(8-11)10-4-3-9(7-13)14-10/h3-4,7H,5-6,8H2,1-2H3. The average Bonchev–Trinajstić information content (AvgIpc) is 2.70. The van der Waals surface area contributed by atoms with Crippen molar-refractivity contribution >= 4 is 12.2 Å². The Hall–Kier alpha value is -1.25. The van der Waals surface area contributed by atoms with Gasteiger partial charge >= 0.3 is 0 Å². The molecule has 0 saturated carbocycles. The van der Waals surface area contributed by atoms with E-state index in [9.17, 15) is 4.79 Å². The summed E-state index contributed by atoms with van der Waals surface area (Å²) in [6, 6.07) is 3.58. The number of furan rings is 1. The van der Waals surface area contributed by atoms with Crippen LogP contribution in [0.3, 0.4) is 0 Å². The molecule has 0 aliphatic carbocycles. The fraction of sp³-hybridized carbons (Fsp3) is 0.545. The molecule has 1 aliphatic heterocycles. The van der Waals surface area contributed by atoms with Crippen molar-refractivity contribution in [3.8, 4) is 0 Å². The van der Waals surface area contributed by atoms with Crippen LogP contribution in [0.25, 0.3) is 0 Å². The average molecular weight is 193 g/mol. The molecule has 76 valence electrons. The molecule has 2 rings (SSSR count). The number of carbonyl (C=O) groups is 1. The molecule has 14 heavy (non-hydrogen) atoms. The third kappa shape index (κ3) is 1.67. The highest BCUT2D eigenvalue weighted by atomic mass is 16.4. The summed E-state index contributed by atoms with van der Waals surface area (Å²) in [5, 5.41) is 0. The lowest BCUT2D eigenvalue weighted by Crippen LogP contribution is -2.22. The quantitative estimate of drug-likeness (QED) is 0.676. The fourth-order valence-corrected chi connectivity index (χ4v) is 1.88. The van der Waals surface area contributed by atoms with Gasteiger partial charge in [-0.2, -0.15) is 0 Å². The third-order valence-corrected chi connectivity index (χ3v) is 2.72. The molecule has 0 N–H and O–H groups in total. The predicted molar refractivity (Wildman–Crippen MR) is 54.7 cm³/mol. The molecular weight excluding hydrogens is 178 g/mol. The number of hydrogen-bond donors (Lipinski definition) is 0. The lowest BCUT2D eigenvalue weighted by Gasteiger charge is -2.18. The number of hydrogen-bond acceptors (Lipinski definition) is 3. The molecule has 0 atom stereocenters. The van der Waals surface area contributed by atoms with Crippen LogP contribution in [0.4, 0.5) is 5.88 Å². The van der Waals surface area contributed by atoms with E-state index in [2.05, 4.69) is 18.7 Å². The van der Waals surface area contributed by atoms with Crippen LogP contribution in [0, 0.1) is 5.41 Å². The van der Waals surface area contributed by atoms with Crippen molar-refractivity contribution in [3.05, 3.63) is 17.9 Å². The molecular formula is C11H15NO2. The number of carbonyl (C=O) groups excluding carboxylic acids is 1. The first-order valence-corrected chi connectivity index (χ1v) is 4.91. The zero-order valence-corrected chi connectivity index (χ0v) is 8.62. The van der Waals surface area contributed by atoms with E-state index in [-0.39, 0.29) is 0 Å². The minimum absolute atomic E-state index is 0.355. The minimum atomic E-state index is 0.355. The molecule has 0 amide bonds. The van der Waals surface area contributed by atoms with Gasteiger partial charge in [0.05, 0.1) is 0 Å². The minimum Gasteiger partial charge on any atom is -0.438 e. The summed E-state index contributed by atoms with van der Waals surface area (Å²) in [6.07, 6.45) is 1.91. The van der Waals surface area contributed by atoms with Crippen LogP contribution in [0.1, 0.15) is 30.8 Å². The highest BCUT2D eigenvalue weighted by Crippen LogP contribution is 2.32. The SMILES string of the molecule is CC1(C)CCN(c2ccc(C=O)o2)C1. The largest absolute Gasteiger partial charge is 0.438 e. The lowest BCUT2D eigenvalue weighted by molar-refractivity contribution is 0.110. The summed E-state index contributed by atoms with van der Waals surface area (Å²) < 4.78 is 5.37. The van der Waals surface area contributed by atoms with Crippen LogP contribution in [-0.4, -0.2) is 19.4 Å². The van der Waals surface area contributed by atoms with Gasteiger partial charge in [0, 0.05) is 19.2 Å². The topological polar surface area (TPSA) is 33.5 Å². The van der Waals surface area contributed by atoms with Gasteiger partial charge < -0.3 is 9.32 Å². The Kier molecular flexibility index (Phi) is 2.10. The predicted octanol–water partition coefficient (Wildman–Crippen LogP) is 2.33. The zero-order valence-electron chi connectivity index (χ0n) is 8.62. The Morgan fingerprint density at radius 1 is 1.50 bits per heavy atom. The normalized spacial score (nSPS) is 20.0. The second-order valence-corrected chi connectivity index (χ2v) is 4.63. The summed E-state index contributed by atoms with van der Waals surface area (Å²) in [5.41, 5.74) is 0.355. The Morgan fingerprint density at radius 2 is 2.29 bits per heavy atom. The second-order valence-electron chi connectivity index (χ2n) is 4.63. The molecule has 1 fully saturated rings. The number of rotatable bonds is 2. The monoisotopic (exact) mass is 193 g/mol. The number of anilines is 1. The van der Waals surface area contributed by atoms with Crippen LogP contribution >= 0.6 is 0 Å². The molecule has 0 unspecified atom stereocenters. The first-order valence-electron chi connectivity index (χ1n) is 4.91. The maximum absolute atomic E-state index is 10.4. The van der Waals surface area contributed by atoms with Gasteiger partial charge in [-0.05, 0) is 17.9 Å². The van der Waals surface area contributed by atoms with E-state index in [1.807, 2.05) is 6.07 Å². The van der Waals surface area contributed by atoms with E-state index in [0.29, 0.717) is 11.2 Å². The summed E-state index contributed by atoms with van der Waals surface area (Å²) in [5.74, 6) is 1.22. The third-order valence-electron chi connectivity index (χ3n) is 2.72. The van der Waals surface area contributed by atoms with E-state index in [1.54, 1.807) is 6.07 Å². The van der Waals surface area contributed by atoms with Crippen LogP contribution < -0.4 is 4.90 Å². The van der Waals surface area contributed by atoms with E-state index < -0.39 is 0 Å². The summed E-state index contributed by atoms with van der Waals surface area (Å²) in [6.45, 7) is 6.50. The van der Waals surface area contributed by atoms with Gasteiger partial charge in [0.1, 0.15) is 0 Å². The maximum atomic E-state index is 10.4. The first-order chi connectivity index (χ1) is 6.61. The van der Waals surface area contributed by atoms with Crippen LogP contribution in [0.2, 0.25) is 0 Å². The molecule has 0 spiro atoms. The summed E-state index contributed by atoms with van der Waals surface area (Å²) in [4.78, 5) is 12.6. The van der Waals surface area contributed by atoms with Crippen molar-refractivity contribution in [2.75, 3.05) is 18.0 Å². The van der Waals surface area contributed by atoms with Gasteiger partial charge in [0.15, 0.2) is 17.9 Å². The van der Waals surface area contributed by atoms with Crippen molar-refractivity contribution in [2.45, 2.75) is 20.3 Å². The van der Waals surface area contributed by atoms with Gasteiger partial charge in [-0.1, -0.05) is 13.8 Å². The van der Waals surface area contributed by atoms with Crippen LogP contribution in [0.5, 0.6) is 0 Å². The molecule has 1 aliphatic rings. The molecule has 3 heteroatoms. The van der Waals surface area contributed by atoms with Crippen molar-refractivity contribution in [1.82, 2.24) is 0 Å². The van der Waals surface area contributed by atoms with E-state index in [4.69, 9.17) is 4.42 Å². The molecule has 1 aromatic rings. The van der Waals surface area contributed by atoms with Crippen molar-refractivity contribution in [2.24, 2.45) is 5.41 Å². The maximum Gasteiger partial charge on any atom is 0.196 e. The molecule has 0 aromatic carbocycles. The Bertz CT molecular complexity index is 341. The number of aldehydes is 1. The van der Waals surface area contributed by atoms with Gasteiger partial charge in [-0.15, -0.1) is 0 Å². The van der Waals surface area contributed by atoms with Crippen LogP contribution in [-0.2, 0) is 0 Å². The Morgan fingerprint density at radius 3 is 2.79 bits per heavy atom. The van der Waals surface area contributed by atoms with Crippen molar-refractivity contribution < 1.29 is 9.21 Å². The smallest absolute Gasteiger partial charge is 0.196 e. The zero-order chi connectivity index (χ0) is 10.2. The van der Waals surface area contributed by atoms with Gasteiger partial charge in [-0.25, -0.2) is 0 Å². The second kappa shape index (κ2) is 3.15. The Labute approximate surface area is 83.7 Å². The van der Waals surface area contributed by atoms with Crippen LogP contribution in [0.15, 0.2) is 16.5 Å². The van der Waals surface area contributed by atoms with Crippen molar-refractivity contribution in [1.29, 1.82) is 0 Å². The molecule has 3 nitrogen and oxygen atoms in total. The van der Waals surface area contributed by atoms with E-state index in [1.165, 1.54) is 6.42 Å². The van der Waals surface area contributed by atoms with Gasteiger partial charge in [0.25, 0.3) is 0 Å². The Balaban J connectivity index is 2.13. The number of nitrogens with zero attached hydrogens (tertiary/aromatic N) is 1.